The van der Waals surface area contributed by atoms with Crippen LogP contribution in [0, 0.1) is 5.92 Å². The van der Waals surface area contributed by atoms with E-state index in [-0.39, 0.29) is 6.42 Å². The van der Waals surface area contributed by atoms with E-state index in [1.165, 1.54) is 17.7 Å². The van der Waals surface area contributed by atoms with Crippen molar-refractivity contribution in [2.24, 2.45) is 5.92 Å². The van der Waals surface area contributed by atoms with Gasteiger partial charge in [-0.05, 0) is 44.6 Å². The van der Waals surface area contributed by atoms with Gasteiger partial charge in [0.1, 0.15) is 0 Å². The van der Waals surface area contributed by atoms with Crippen LogP contribution in [0.5, 0.6) is 0 Å². The highest BCUT2D eigenvalue weighted by Crippen LogP contribution is 2.38. The van der Waals surface area contributed by atoms with Crippen molar-refractivity contribution in [3.8, 4) is 0 Å². The van der Waals surface area contributed by atoms with Crippen LogP contribution in [0.25, 0.3) is 5.57 Å². The first kappa shape index (κ1) is 21.1. The Bertz CT molecular complexity index is 928. The van der Waals surface area contributed by atoms with Crippen molar-refractivity contribution in [3.05, 3.63) is 77.6 Å². The minimum atomic E-state index is -4.35. The van der Waals surface area contributed by atoms with Crippen LogP contribution in [0.15, 0.2) is 70.2 Å². The van der Waals surface area contributed by atoms with E-state index in [0.717, 1.165) is 24.5 Å². The lowest BCUT2D eigenvalue weighted by Crippen LogP contribution is -2.23. The Morgan fingerprint density at radius 3 is 2.66 bits per heavy atom. The molecule has 1 aromatic heterocycles. The van der Waals surface area contributed by atoms with Gasteiger partial charge in [-0.3, -0.25) is 0 Å². The third-order valence-corrected chi connectivity index (χ3v) is 5.22. The molecule has 0 aromatic carbocycles. The lowest BCUT2D eigenvalue weighted by Gasteiger charge is -2.24. The smallest absolute Gasteiger partial charge is 0.416 e. The minimum Gasteiger partial charge on any atom is -0.420 e. The van der Waals surface area contributed by atoms with Gasteiger partial charge in [0.25, 0.3) is 0 Å². The highest BCUT2D eigenvalue weighted by Gasteiger charge is 2.38. The van der Waals surface area contributed by atoms with E-state index in [0.29, 0.717) is 17.7 Å². The SMILES string of the molecule is C/C=C(\C=C/CC1=CCC(C)C=C1)c1nnc(C2(C)C=CC(C(F)(F)F)=CC2)o1. The number of hydrogen-bond acceptors (Lipinski definition) is 3. The second-order valence-electron chi connectivity index (χ2n) is 7.73. The predicted octanol–water partition coefficient (Wildman–Crippen LogP) is 6.65. The standard InChI is InChI=1S/C23H25F3N2O/c1-4-18(7-5-6-17-10-8-16(2)9-11-17)20-27-28-21(29-20)22(3)14-12-19(13-15-22)23(24,25)26/h4-5,7-8,10-14,16H,6,9,15H2,1-3H3/b7-5-,18-4+. The predicted molar refractivity (Wildman–Crippen MR) is 108 cm³/mol. The monoisotopic (exact) mass is 402 g/mol. The van der Waals surface area contributed by atoms with E-state index >= 15 is 0 Å². The lowest BCUT2D eigenvalue weighted by molar-refractivity contribution is -0.0888. The first-order chi connectivity index (χ1) is 13.7. The maximum Gasteiger partial charge on any atom is 0.416 e. The molecule has 0 fully saturated rings. The number of aromatic nitrogens is 2. The molecule has 0 saturated heterocycles. The summed E-state index contributed by atoms with van der Waals surface area (Å²) in [4.78, 5) is 0. The zero-order chi connectivity index (χ0) is 21.1. The Morgan fingerprint density at radius 1 is 1.28 bits per heavy atom. The Balaban J connectivity index is 1.68. The first-order valence-electron chi connectivity index (χ1n) is 9.72. The number of hydrogen-bond donors (Lipinski definition) is 0. The van der Waals surface area contributed by atoms with E-state index in [2.05, 4.69) is 35.3 Å². The summed E-state index contributed by atoms with van der Waals surface area (Å²) in [5.41, 5.74) is 0.657. The molecular formula is C23H25F3N2O. The molecule has 29 heavy (non-hydrogen) atoms. The molecule has 2 unspecified atom stereocenters. The van der Waals surface area contributed by atoms with Gasteiger partial charge >= 0.3 is 6.18 Å². The molecule has 3 nitrogen and oxygen atoms in total. The second-order valence-corrected chi connectivity index (χ2v) is 7.73. The summed E-state index contributed by atoms with van der Waals surface area (Å²) in [5.74, 6) is 1.25. The van der Waals surface area contributed by atoms with Crippen LogP contribution >= 0.6 is 0 Å². The molecule has 1 heterocycles. The number of alkyl halides is 3. The molecule has 0 radical (unpaired) electrons. The van der Waals surface area contributed by atoms with Crippen molar-refractivity contribution in [1.82, 2.24) is 10.2 Å². The molecule has 0 bridgehead atoms. The molecule has 154 valence electrons. The Kier molecular flexibility index (Phi) is 6.10. The molecule has 2 atom stereocenters. The van der Waals surface area contributed by atoms with Crippen LogP contribution < -0.4 is 0 Å². The van der Waals surface area contributed by atoms with Crippen LogP contribution in [0.1, 0.15) is 51.8 Å². The first-order valence-corrected chi connectivity index (χ1v) is 9.72. The topological polar surface area (TPSA) is 38.9 Å². The van der Waals surface area contributed by atoms with Crippen molar-refractivity contribution < 1.29 is 17.6 Å². The number of allylic oxidation sites excluding steroid dienone is 12. The second kappa shape index (κ2) is 8.39. The van der Waals surface area contributed by atoms with Gasteiger partial charge in [0.05, 0.1) is 11.0 Å². The van der Waals surface area contributed by atoms with Crippen LogP contribution in [0.3, 0.4) is 0 Å². The minimum absolute atomic E-state index is 0.153. The molecule has 0 spiro atoms. The zero-order valence-electron chi connectivity index (χ0n) is 16.8. The summed E-state index contributed by atoms with van der Waals surface area (Å²) >= 11 is 0. The average molecular weight is 402 g/mol. The fourth-order valence-electron chi connectivity index (χ4n) is 3.21. The average Bonchev–Trinajstić information content (AvgIpc) is 3.17. The summed E-state index contributed by atoms with van der Waals surface area (Å²) < 4.78 is 44.3. The third-order valence-electron chi connectivity index (χ3n) is 5.22. The molecule has 0 amide bonds. The van der Waals surface area contributed by atoms with Gasteiger partial charge in [-0.2, -0.15) is 13.2 Å². The fourth-order valence-corrected chi connectivity index (χ4v) is 3.21. The molecule has 1 aromatic rings. The Morgan fingerprint density at radius 2 is 2.07 bits per heavy atom. The van der Waals surface area contributed by atoms with Crippen LogP contribution in [-0.4, -0.2) is 16.4 Å². The Labute approximate surface area is 169 Å². The van der Waals surface area contributed by atoms with Gasteiger partial charge in [-0.15, -0.1) is 10.2 Å². The van der Waals surface area contributed by atoms with Crippen molar-refractivity contribution in [2.45, 2.75) is 51.6 Å². The molecule has 2 aliphatic carbocycles. The number of nitrogens with zero attached hydrogens (tertiary/aromatic N) is 2. The van der Waals surface area contributed by atoms with Crippen molar-refractivity contribution in [3.63, 3.8) is 0 Å². The lowest BCUT2D eigenvalue weighted by atomic mass is 9.82. The molecule has 0 saturated carbocycles. The molecule has 6 heteroatoms. The summed E-state index contributed by atoms with van der Waals surface area (Å²) in [6.45, 7) is 5.86. The van der Waals surface area contributed by atoms with E-state index in [4.69, 9.17) is 4.42 Å². The van der Waals surface area contributed by atoms with Gasteiger partial charge in [0.2, 0.25) is 11.8 Å². The normalized spacial score (nSPS) is 25.4. The van der Waals surface area contributed by atoms with Crippen molar-refractivity contribution >= 4 is 5.57 Å². The van der Waals surface area contributed by atoms with E-state index < -0.39 is 17.2 Å². The van der Waals surface area contributed by atoms with Crippen molar-refractivity contribution in [2.75, 3.05) is 0 Å². The van der Waals surface area contributed by atoms with Crippen molar-refractivity contribution in [1.29, 1.82) is 0 Å². The zero-order valence-corrected chi connectivity index (χ0v) is 16.8. The number of halogens is 3. The van der Waals surface area contributed by atoms with Gasteiger partial charge in [-0.1, -0.05) is 61.6 Å². The van der Waals surface area contributed by atoms with Gasteiger partial charge in [0, 0.05) is 5.57 Å². The maximum atomic E-state index is 12.8. The van der Waals surface area contributed by atoms with Crippen LogP contribution in [0.2, 0.25) is 0 Å². The van der Waals surface area contributed by atoms with E-state index in [1.54, 1.807) is 6.92 Å². The number of rotatable bonds is 5. The quantitative estimate of drug-likeness (QED) is 0.518. The third kappa shape index (κ3) is 5.05. The van der Waals surface area contributed by atoms with Crippen LogP contribution in [0.4, 0.5) is 13.2 Å². The largest absolute Gasteiger partial charge is 0.420 e. The molecule has 0 aliphatic heterocycles. The fraction of sp³-hybridized carbons (Fsp3) is 0.391. The highest BCUT2D eigenvalue weighted by molar-refractivity contribution is 5.68. The maximum absolute atomic E-state index is 12.8. The Hall–Kier alpha value is -2.63. The van der Waals surface area contributed by atoms with Gasteiger partial charge in [-0.25, -0.2) is 0 Å². The van der Waals surface area contributed by atoms with Gasteiger partial charge < -0.3 is 4.42 Å². The van der Waals surface area contributed by atoms with Crippen LogP contribution in [-0.2, 0) is 5.41 Å². The molecule has 0 N–H and O–H groups in total. The highest BCUT2D eigenvalue weighted by atomic mass is 19.4. The summed E-state index contributed by atoms with van der Waals surface area (Å²) in [7, 11) is 0. The summed E-state index contributed by atoms with van der Waals surface area (Å²) in [5, 5.41) is 8.21. The summed E-state index contributed by atoms with van der Waals surface area (Å²) in [6.07, 6.45) is 13.9. The molecule has 2 aliphatic rings. The van der Waals surface area contributed by atoms with E-state index in [9.17, 15) is 13.2 Å². The summed E-state index contributed by atoms with van der Waals surface area (Å²) in [6, 6.07) is 0. The molecular weight excluding hydrogens is 377 g/mol. The van der Waals surface area contributed by atoms with E-state index in [1.807, 2.05) is 25.2 Å². The van der Waals surface area contributed by atoms with Gasteiger partial charge in [0.15, 0.2) is 0 Å². The molecule has 3 rings (SSSR count).